The molecule has 1 saturated carbocycles. The number of hydrogen-bond donors (Lipinski definition) is 1. The monoisotopic (exact) mass is 423 g/mol. The third-order valence-electron chi connectivity index (χ3n) is 4.66. The number of non-ortho nitro benzene ring substituents is 1. The van der Waals surface area contributed by atoms with Crippen LogP contribution in [-0.2, 0) is 4.79 Å². The SMILES string of the molecule is O=C(c1ccc([N+](=O)[O-])cc1)c1ccc(O[C@H]2CC[C@H](C(=O)O)C2)c(Cl)c1Cl. The average molecular weight is 424 g/mol. The van der Waals surface area contributed by atoms with E-state index in [9.17, 15) is 19.7 Å². The number of aliphatic carboxylic acids is 1. The first-order valence-corrected chi connectivity index (χ1v) is 9.20. The maximum absolute atomic E-state index is 12.7. The minimum absolute atomic E-state index is 0.00954. The number of benzene rings is 2. The lowest BCUT2D eigenvalue weighted by molar-refractivity contribution is -0.384. The maximum atomic E-state index is 12.7. The normalized spacial score (nSPS) is 18.6. The Morgan fingerprint density at radius 2 is 1.75 bits per heavy atom. The van der Waals surface area contributed by atoms with E-state index in [-0.39, 0.29) is 38.7 Å². The molecule has 2 aromatic carbocycles. The van der Waals surface area contributed by atoms with E-state index in [0.29, 0.717) is 19.3 Å². The number of rotatable bonds is 6. The fourth-order valence-electron chi connectivity index (χ4n) is 3.14. The van der Waals surface area contributed by atoms with Crippen LogP contribution in [0.25, 0.3) is 0 Å². The molecule has 9 heteroatoms. The molecule has 2 atom stereocenters. The minimum atomic E-state index is -0.848. The molecule has 0 radical (unpaired) electrons. The summed E-state index contributed by atoms with van der Waals surface area (Å²) < 4.78 is 5.78. The molecule has 28 heavy (non-hydrogen) atoms. The summed E-state index contributed by atoms with van der Waals surface area (Å²) >= 11 is 12.5. The molecular weight excluding hydrogens is 409 g/mol. The van der Waals surface area contributed by atoms with Gasteiger partial charge in [0.05, 0.1) is 22.0 Å². The van der Waals surface area contributed by atoms with Gasteiger partial charge in [0, 0.05) is 23.3 Å². The van der Waals surface area contributed by atoms with Crippen LogP contribution in [0.3, 0.4) is 0 Å². The Bertz CT molecular complexity index is 944. The largest absolute Gasteiger partial charge is 0.489 e. The minimum Gasteiger partial charge on any atom is -0.489 e. The van der Waals surface area contributed by atoms with Crippen LogP contribution in [0.4, 0.5) is 5.69 Å². The zero-order valence-corrected chi connectivity index (χ0v) is 15.9. The fourth-order valence-corrected chi connectivity index (χ4v) is 3.59. The van der Waals surface area contributed by atoms with Crippen LogP contribution in [-0.4, -0.2) is 27.9 Å². The van der Waals surface area contributed by atoms with Crippen molar-refractivity contribution < 1.29 is 24.4 Å². The number of carbonyl (C=O) groups is 2. The molecule has 0 aliphatic heterocycles. The first kappa shape index (κ1) is 20.1. The van der Waals surface area contributed by atoms with Gasteiger partial charge in [0.15, 0.2) is 5.78 Å². The number of nitrogens with zero attached hydrogens (tertiary/aromatic N) is 1. The highest BCUT2D eigenvalue weighted by Gasteiger charge is 2.31. The predicted octanol–water partition coefficient (Wildman–Crippen LogP) is 4.76. The zero-order valence-electron chi connectivity index (χ0n) is 14.4. The van der Waals surface area contributed by atoms with E-state index in [4.69, 9.17) is 33.0 Å². The first-order valence-electron chi connectivity index (χ1n) is 8.44. The molecule has 1 fully saturated rings. The van der Waals surface area contributed by atoms with Crippen molar-refractivity contribution in [2.45, 2.75) is 25.4 Å². The van der Waals surface area contributed by atoms with Crippen LogP contribution < -0.4 is 4.74 Å². The lowest BCUT2D eigenvalue weighted by Crippen LogP contribution is -2.16. The quantitative estimate of drug-likeness (QED) is 0.407. The molecular formula is C19H15Cl2NO6. The van der Waals surface area contributed by atoms with Crippen molar-refractivity contribution in [3.8, 4) is 5.75 Å². The smallest absolute Gasteiger partial charge is 0.306 e. The number of halogens is 2. The Kier molecular flexibility index (Phi) is 5.86. The fraction of sp³-hybridized carbons (Fsp3) is 0.263. The molecule has 7 nitrogen and oxygen atoms in total. The molecule has 0 aromatic heterocycles. The Hall–Kier alpha value is -2.64. The number of ether oxygens (including phenoxy) is 1. The molecule has 1 aliphatic rings. The number of nitro groups is 1. The molecule has 0 amide bonds. The molecule has 0 bridgehead atoms. The summed E-state index contributed by atoms with van der Waals surface area (Å²) in [4.78, 5) is 33.9. The van der Waals surface area contributed by atoms with E-state index in [1.165, 1.54) is 36.4 Å². The van der Waals surface area contributed by atoms with Gasteiger partial charge in [-0.15, -0.1) is 0 Å². The van der Waals surface area contributed by atoms with Crippen molar-refractivity contribution in [2.24, 2.45) is 5.92 Å². The average Bonchev–Trinajstić information content (AvgIpc) is 3.14. The summed E-state index contributed by atoms with van der Waals surface area (Å²) in [5.41, 5.74) is 0.251. The van der Waals surface area contributed by atoms with Crippen molar-refractivity contribution in [1.29, 1.82) is 0 Å². The van der Waals surface area contributed by atoms with Gasteiger partial charge >= 0.3 is 5.97 Å². The van der Waals surface area contributed by atoms with E-state index in [1.807, 2.05) is 0 Å². The second-order valence-corrected chi connectivity index (χ2v) is 7.22. The van der Waals surface area contributed by atoms with Gasteiger partial charge in [-0.2, -0.15) is 0 Å². The van der Waals surface area contributed by atoms with E-state index in [2.05, 4.69) is 0 Å². The molecule has 1 N–H and O–H groups in total. The Morgan fingerprint density at radius 1 is 1.07 bits per heavy atom. The number of hydrogen-bond acceptors (Lipinski definition) is 5. The van der Waals surface area contributed by atoms with E-state index >= 15 is 0 Å². The first-order chi connectivity index (χ1) is 13.3. The summed E-state index contributed by atoms with van der Waals surface area (Å²) in [7, 11) is 0. The summed E-state index contributed by atoms with van der Waals surface area (Å²) in [6, 6.07) is 8.15. The number of ketones is 1. The van der Waals surface area contributed by atoms with E-state index in [0.717, 1.165) is 0 Å². The van der Waals surface area contributed by atoms with Gasteiger partial charge in [0.1, 0.15) is 10.8 Å². The number of carboxylic acids is 1. The molecule has 0 saturated heterocycles. The molecule has 0 unspecified atom stereocenters. The summed E-state index contributed by atoms with van der Waals surface area (Å²) in [5, 5.41) is 19.9. The van der Waals surface area contributed by atoms with Crippen LogP contribution in [0.2, 0.25) is 10.0 Å². The topological polar surface area (TPSA) is 107 Å². The summed E-state index contributed by atoms with van der Waals surface area (Å²) in [6.07, 6.45) is 1.22. The van der Waals surface area contributed by atoms with Crippen molar-refractivity contribution in [1.82, 2.24) is 0 Å². The molecule has 0 spiro atoms. The molecule has 2 aromatic rings. The van der Waals surface area contributed by atoms with Gasteiger partial charge in [-0.3, -0.25) is 19.7 Å². The highest BCUT2D eigenvalue weighted by molar-refractivity contribution is 6.45. The van der Waals surface area contributed by atoms with Gasteiger partial charge in [-0.1, -0.05) is 23.2 Å². The highest BCUT2D eigenvalue weighted by Crippen LogP contribution is 2.38. The molecule has 3 rings (SSSR count). The van der Waals surface area contributed by atoms with E-state index < -0.39 is 22.6 Å². The van der Waals surface area contributed by atoms with Gasteiger partial charge in [0.2, 0.25) is 0 Å². The molecule has 0 heterocycles. The van der Waals surface area contributed by atoms with Gasteiger partial charge in [-0.05, 0) is 43.5 Å². The molecule has 146 valence electrons. The van der Waals surface area contributed by atoms with Gasteiger partial charge < -0.3 is 9.84 Å². The highest BCUT2D eigenvalue weighted by atomic mass is 35.5. The van der Waals surface area contributed by atoms with E-state index in [1.54, 1.807) is 0 Å². The summed E-state index contributed by atoms with van der Waals surface area (Å²) in [5.74, 6) is -1.44. The summed E-state index contributed by atoms with van der Waals surface area (Å²) in [6.45, 7) is 0. The van der Waals surface area contributed by atoms with Gasteiger partial charge in [0.25, 0.3) is 5.69 Å². The lowest BCUT2D eigenvalue weighted by Gasteiger charge is -2.16. The van der Waals surface area contributed by atoms with Crippen LogP contribution in [0, 0.1) is 16.0 Å². The van der Waals surface area contributed by atoms with Crippen LogP contribution in [0.1, 0.15) is 35.2 Å². The van der Waals surface area contributed by atoms with Crippen LogP contribution in [0.15, 0.2) is 36.4 Å². The Balaban J connectivity index is 1.79. The molecule has 1 aliphatic carbocycles. The Morgan fingerprint density at radius 3 is 2.32 bits per heavy atom. The standard InChI is InChI=1S/C19H15Cl2NO6/c20-16-14(18(23)10-1-4-12(5-2-10)22(26)27)7-8-15(17(16)21)28-13-6-3-11(9-13)19(24)25/h1-2,4-5,7-8,11,13H,3,6,9H2,(H,24,25)/t11-,13-/m0/s1. The third kappa shape index (κ3) is 4.10. The zero-order chi connectivity index (χ0) is 20.4. The second kappa shape index (κ2) is 8.16. The Labute approximate surface area is 170 Å². The van der Waals surface area contributed by atoms with Crippen LogP contribution in [0.5, 0.6) is 5.75 Å². The predicted molar refractivity (Wildman–Crippen MR) is 102 cm³/mol. The van der Waals surface area contributed by atoms with Crippen LogP contribution >= 0.6 is 23.2 Å². The second-order valence-electron chi connectivity index (χ2n) is 6.46. The van der Waals surface area contributed by atoms with Crippen molar-refractivity contribution in [2.75, 3.05) is 0 Å². The van der Waals surface area contributed by atoms with Gasteiger partial charge in [-0.25, -0.2) is 0 Å². The number of nitro benzene ring substituents is 1. The van der Waals surface area contributed by atoms with Crippen molar-refractivity contribution >= 4 is 40.6 Å². The van der Waals surface area contributed by atoms with Crippen molar-refractivity contribution in [3.05, 3.63) is 67.7 Å². The number of carbonyl (C=O) groups excluding carboxylic acids is 1. The third-order valence-corrected chi connectivity index (χ3v) is 5.52. The number of carboxylic acid groups (broad SMARTS) is 1. The van der Waals surface area contributed by atoms with Crippen molar-refractivity contribution in [3.63, 3.8) is 0 Å². The maximum Gasteiger partial charge on any atom is 0.306 e. The lowest BCUT2D eigenvalue weighted by atomic mass is 10.0.